The Morgan fingerprint density at radius 1 is 1.11 bits per heavy atom. The van der Waals surface area contributed by atoms with E-state index in [0.717, 1.165) is 34.7 Å². The molecule has 0 aliphatic carbocycles. The summed E-state index contributed by atoms with van der Waals surface area (Å²) in [6.07, 6.45) is 3.36. The summed E-state index contributed by atoms with van der Waals surface area (Å²) in [5.74, 6) is -0.201. The van der Waals surface area contributed by atoms with Gasteiger partial charge in [-0.15, -0.1) is 22.7 Å². The van der Waals surface area contributed by atoms with Crippen LogP contribution in [0.15, 0.2) is 41.8 Å². The SMILES string of the molecule is CCCCc1ccc(C(=O)Nc2nc(-c3ccc(CNC(C)=O)s3)cs2)cc1. The minimum Gasteiger partial charge on any atom is -0.351 e. The fraction of sp³-hybridized carbons (Fsp3) is 0.286. The van der Waals surface area contributed by atoms with Crippen LogP contribution in [0, 0.1) is 0 Å². The molecular formula is C21H23N3O2S2. The number of hydrogen-bond acceptors (Lipinski definition) is 5. The number of thiazole rings is 1. The number of anilines is 1. The van der Waals surface area contributed by atoms with Crippen LogP contribution in [0.25, 0.3) is 10.6 Å². The molecule has 2 N–H and O–H groups in total. The van der Waals surface area contributed by atoms with Crippen molar-refractivity contribution in [3.63, 3.8) is 0 Å². The van der Waals surface area contributed by atoms with Gasteiger partial charge in [-0.25, -0.2) is 4.98 Å². The highest BCUT2D eigenvalue weighted by Gasteiger charge is 2.11. The minimum absolute atomic E-state index is 0.0491. The van der Waals surface area contributed by atoms with Crippen molar-refractivity contribution in [3.05, 3.63) is 57.8 Å². The van der Waals surface area contributed by atoms with Gasteiger partial charge in [0.2, 0.25) is 5.91 Å². The molecule has 0 aliphatic rings. The number of nitrogens with one attached hydrogen (secondary N) is 2. The molecule has 3 rings (SSSR count). The summed E-state index contributed by atoms with van der Waals surface area (Å²) in [5, 5.41) is 8.17. The number of rotatable bonds is 8. The molecule has 0 fully saturated rings. The van der Waals surface area contributed by atoms with E-state index in [1.807, 2.05) is 41.8 Å². The molecule has 3 aromatic rings. The number of nitrogens with zero attached hydrogens (tertiary/aromatic N) is 1. The molecule has 146 valence electrons. The highest BCUT2D eigenvalue weighted by atomic mass is 32.1. The molecule has 2 heterocycles. The Morgan fingerprint density at radius 2 is 1.89 bits per heavy atom. The monoisotopic (exact) mass is 413 g/mol. The summed E-state index contributed by atoms with van der Waals surface area (Å²) >= 11 is 2.98. The van der Waals surface area contributed by atoms with Gasteiger partial charge in [0.15, 0.2) is 5.13 Å². The highest BCUT2D eigenvalue weighted by molar-refractivity contribution is 7.17. The van der Waals surface area contributed by atoms with Crippen LogP contribution >= 0.6 is 22.7 Å². The van der Waals surface area contributed by atoms with Crippen molar-refractivity contribution >= 4 is 39.6 Å². The second-order valence-corrected chi connectivity index (χ2v) is 8.49. The van der Waals surface area contributed by atoms with Gasteiger partial charge in [-0.2, -0.15) is 0 Å². The Labute approximate surface area is 172 Å². The summed E-state index contributed by atoms with van der Waals surface area (Å²) in [4.78, 5) is 30.1. The molecule has 0 saturated heterocycles. The normalized spacial score (nSPS) is 10.6. The number of unbranched alkanes of at least 4 members (excludes halogenated alkanes) is 1. The molecule has 0 atom stereocenters. The van der Waals surface area contributed by atoms with Crippen LogP contribution in [0.2, 0.25) is 0 Å². The zero-order chi connectivity index (χ0) is 19.9. The number of carbonyl (C=O) groups is 2. The Balaban J connectivity index is 1.61. The standard InChI is InChI=1S/C21H23N3O2S2/c1-3-4-5-15-6-8-16(9-7-15)20(26)24-21-23-18(13-27-21)19-11-10-17(28-19)12-22-14(2)25/h6-11,13H,3-5,12H2,1-2H3,(H,22,25)(H,23,24,26). The lowest BCUT2D eigenvalue weighted by atomic mass is 10.1. The van der Waals surface area contributed by atoms with Crippen molar-refractivity contribution in [1.29, 1.82) is 0 Å². The first-order valence-electron chi connectivity index (χ1n) is 9.24. The van der Waals surface area contributed by atoms with Crippen molar-refractivity contribution in [2.75, 3.05) is 5.32 Å². The van der Waals surface area contributed by atoms with Gasteiger partial charge in [0.1, 0.15) is 0 Å². The zero-order valence-corrected chi connectivity index (χ0v) is 17.6. The molecule has 28 heavy (non-hydrogen) atoms. The van der Waals surface area contributed by atoms with Crippen LogP contribution in [0.1, 0.15) is 47.5 Å². The van der Waals surface area contributed by atoms with E-state index in [9.17, 15) is 9.59 Å². The minimum atomic E-state index is -0.152. The summed E-state index contributed by atoms with van der Waals surface area (Å²) in [5.41, 5.74) is 2.71. The van der Waals surface area contributed by atoms with E-state index >= 15 is 0 Å². The van der Waals surface area contributed by atoms with Crippen LogP contribution in [-0.2, 0) is 17.8 Å². The van der Waals surface area contributed by atoms with Crippen molar-refractivity contribution in [2.24, 2.45) is 0 Å². The lowest BCUT2D eigenvalue weighted by molar-refractivity contribution is -0.119. The molecule has 0 unspecified atom stereocenters. The van der Waals surface area contributed by atoms with Crippen molar-refractivity contribution in [3.8, 4) is 10.6 Å². The number of benzene rings is 1. The zero-order valence-electron chi connectivity index (χ0n) is 16.0. The Bertz CT molecular complexity index is 945. The number of carbonyl (C=O) groups excluding carboxylic acids is 2. The van der Waals surface area contributed by atoms with Crippen LogP contribution in [0.5, 0.6) is 0 Å². The van der Waals surface area contributed by atoms with Crippen molar-refractivity contribution < 1.29 is 9.59 Å². The van der Waals surface area contributed by atoms with Crippen LogP contribution in [0.4, 0.5) is 5.13 Å². The van der Waals surface area contributed by atoms with E-state index in [0.29, 0.717) is 17.2 Å². The molecule has 0 aliphatic heterocycles. The van der Waals surface area contributed by atoms with Gasteiger partial charge in [-0.05, 0) is 42.7 Å². The van der Waals surface area contributed by atoms with E-state index in [2.05, 4.69) is 22.5 Å². The average molecular weight is 414 g/mol. The molecule has 2 aromatic heterocycles. The van der Waals surface area contributed by atoms with Gasteiger partial charge in [-0.3, -0.25) is 14.9 Å². The smallest absolute Gasteiger partial charge is 0.257 e. The number of aryl methyl sites for hydroxylation is 1. The van der Waals surface area contributed by atoms with E-state index in [4.69, 9.17) is 0 Å². The first-order valence-corrected chi connectivity index (χ1v) is 10.9. The molecule has 2 amide bonds. The Hall–Kier alpha value is -2.51. The fourth-order valence-corrected chi connectivity index (χ4v) is 4.33. The molecule has 0 spiro atoms. The average Bonchev–Trinajstić information content (AvgIpc) is 3.34. The third-order valence-corrected chi connectivity index (χ3v) is 6.05. The third kappa shape index (κ3) is 5.50. The number of aromatic nitrogens is 1. The fourth-order valence-electron chi connectivity index (χ4n) is 2.64. The molecule has 0 saturated carbocycles. The summed E-state index contributed by atoms with van der Waals surface area (Å²) in [6.45, 7) is 4.19. The van der Waals surface area contributed by atoms with E-state index in [1.54, 1.807) is 11.3 Å². The number of hydrogen-bond donors (Lipinski definition) is 2. The Kier molecular flexibility index (Phi) is 6.95. The molecule has 7 heteroatoms. The first kappa shape index (κ1) is 20.2. The number of amides is 2. The van der Waals surface area contributed by atoms with Crippen molar-refractivity contribution in [1.82, 2.24) is 10.3 Å². The quantitative estimate of drug-likeness (QED) is 0.539. The number of thiophene rings is 1. The maximum atomic E-state index is 12.5. The lowest BCUT2D eigenvalue weighted by Gasteiger charge is -2.04. The summed E-state index contributed by atoms with van der Waals surface area (Å²) in [6, 6.07) is 11.7. The summed E-state index contributed by atoms with van der Waals surface area (Å²) < 4.78 is 0. The molecular weight excluding hydrogens is 390 g/mol. The molecule has 0 radical (unpaired) electrons. The maximum Gasteiger partial charge on any atom is 0.257 e. The maximum absolute atomic E-state index is 12.5. The lowest BCUT2D eigenvalue weighted by Crippen LogP contribution is -2.17. The largest absolute Gasteiger partial charge is 0.351 e. The van der Waals surface area contributed by atoms with Gasteiger partial charge >= 0.3 is 0 Å². The first-order chi connectivity index (χ1) is 13.5. The topological polar surface area (TPSA) is 71.1 Å². The predicted octanol–water partition coefficient (Wildman–Crippen LogP) is 5.10. The molecule has 5 nitrogen and oxygen atoms in total. The Morgan fingerprint density at radius 3 is 2.61 bits per heavy atom. The van der Waals surface area contributed by atoms with Crippen LogP contribution in [0.3, 0.4) is 0 Å². The van der Waals surface area contributed by atoms with Gasteiger partial charge in [0.25, 0.3) is 5.91 Å². The molecule has 0 bridgehead atoms. The van der Waals surface area contributed by atoms with Crippen LogP contribution in [-0.4, -0.2) is 16.8 Å². The van der Waals surface area contributed by atoms with E-state index in [1.165, 1.54) is 23.8 Å². The van der Waals surface area contributed by atoms with Crippen molar-refractivity contribution in [2.45, 2.75) is 39.7 Å². The second kappa shape index (κ2) is 9.61. The van der Waals surface area contributed by atoms with Gasteiger partial charge in [-0.1, -0.05) is 25.5 Å². The van der Waals surface area contributed by atoms with E-state index < -0.39 is 0 Å². The van der Waals surface area contributed by atoms with Gasteiger partial charge < -0.3 is 5.32 Å². The van der Waals surface area contributed by atoms with E-state index in [-0.39, 0.29) is 11.8 Å². The van der Waals surface area contributed by atoms with Crippen LogP contribution < -0.4 is 10.6 Å². The summed E-state index contributed by atoms with van der Waals surface area (Å²) in [7, 11) is 0. The molecule has 1 aromatic carbocycles. The van der Waals surface area contributed by atoms with Gasteiger partial charge in [0.05, 0.1) is 17.1 Å². The highest BCUT2D eigenvalue weighted by Crippen LogP contribution is 2.31. The predicted molar refractivity (Wildman–Crippen MR) is 116 cm³/mol. The third-order valence-electron chi connectivity index (χ3n) is 4.19. The van der Waals surface area contributed by atoms with Gasteiger partial charge in [0, 0.05) is 22.7 Å². The second-order valence-electron chi connectivity index (χ2n) is 6.47.